The van der Waals surface area contributed by atoms with E-state index in [0.29, 0.717) is 12.1 Å². The Labute approximate surface area is 131 Å². The highest BCUT2D eigenvalue weighted by Crippen LogP contribution is 2.20. The summed E-state index contributed by atoms with van der Waals surface area (Å²) in [5, 5.41) is 2.42. The second-order valence-corrected chi connectivity index (χ2v) is 5.44. The molecule has 1 fully saturated rings. The summed E-state index contributed by atoms with van der Waals surface area (Å²) in [7, 11) is 0. The highest BCUT2D eigenvalue weighted by atomic mass is 19.3. The minimum absolute atomic E-state index is 0.274. The summed E-state index contributed by atoms with van der Waals surface area (Å²) in [6.45, 7) is 6.91. The first-order valence-corrected chi connectivity index (χ1v) is 7.93. The van der Waals surface area contributed by atoms with Crippen molar-refractivity contribution in [3.63, 3.8) is 0 Å². The molecule has 1 aromatic carbocycles. The third-order valence-corrected chi connectivity index (χ3v) is 3.33. The van der Waals surface area contributed by atoms with E-state index in [1.54, 1.807) is 30.3 Å². The predicted octanol–water partition coefficient (Wildman–Crippen LogP) is 3.62. The van der Waals surface area contributed by atoms with Gasteiger partial charge in [-0.05, 0) is 25.1 Å². The summed E-state index contributed by atoms with van der Waals surface area (Å²) in [5.74, 6) is -0.318. The van der Waals surface area contributed by atoms with E-state index in [2.05, 4.69) is 24.1 Å². The number of carbonyl (C=O) groups excluding carboxylic acids is 1. The molecule has 2 rings (SSSR count). The van der Waals surface area contributed by atoms with Gasteiger partial charge in [-0.25, -0.2) is 8.78 Å². The average Bonchev–Trinajstić information content (AvgIpc) is 2.44. The summed E-state index contributed by atoms with van der Waals surface area (Å²) < 4.78 is 26.0. The summed E-state index contributed by atoms with van der Waals surface area (Å²) in [5.41, 5.74) is 0.440. The first-order valence-electron chi connectivity index (χ1n) is 7.93. The SMILES string of the molecule is CCC.O=C(CCN1CCC1)NC(c1ccccc1)C(F)F. The Balaban J connectivity index is 0.000000745. The lowest BCUT2D eigenvalue weighted by Crippen LogP contribution is -2.40. The van der Waals surface area contributed by atoms with Crippen molar-refractivity contribution < 1.29 is 13.6 Å². The molecule has 1 aromatic rings. The lowest BCUT2D eigenvalue weighted by atomic mass is 10.1. The number of hydrogen-bond acceptors (Lipinski definition) is 2. The smallest absolute Gasteiger partial charge is 0.262 e. The maximum Gasteiger partial charge on any atom is 0.262 e. The minimum Gasteiger partial charge on any atom is -0.344 e. The molecule has 1 heterocycles. The first-order chi connectivity index (χ1) is 10.6. The Hall–Kier alpha value is -1.49. The zero-order chi connectivity index (χ0) is 16.4. The minimum atomic E-state index is -2.60. The highest BCUT2D eigenvalue weighted by Gasteiger charge is 2.24. The van der Waals surface area contributed by atoms with Gasteiger partial charge >= 0.3 is 0 Å². The van der Waals surface area contributed by atoms with Crippen LogP contribution in [-0.4, -0.2) is 36.9 Å². The fourth-order valence-electron chi connectivity index (χ4n) is 2.06. The van der Waals surface area contributed by atoms with E-state index in [1.165, 1.54) is 6.42 Å². The Morgan fingerprint density at radius 2 is 1.82 bits per heavy atom. The highest BCUT2D eigenvalue weighted by molar-refractivity contribution is 5.76. The van der Waals surface area contributed by atoms with E-state index >= 15 is 0 Å². The molecular formula is C17H26F2N2O. The molecule has 0 radical (unpaired) electrons. The van der Waals surface area contributed by atoms with Crippen LogP contribution in [0.3, 0.4) is 0 Å². The number of likely N-dealkylation sites (tertiary alicyclic amines) is 1. The number of alkyl halides is 2. The van der Waals surface area contributed by atoms with Crippen LogP contribution in [-0.2, 0) is 4.79 Å². The zero-order valence-electron chi connectivity index (χ0n) is 13.4. The molecule has 0 aliphatic carbocycles. The molecule has 0 bridgehead atoms. The Morgan fingerprint density at radius 1 is 1.23 bits per heavy atom. The fraction of sp³-hybridized carbons (Fsp3) is 0.588. The summed E-state index contributed by atoms with van der Waals surface area (Å²) in [4.78, 5) is 13.8. The van der Waals surface area contributed by atoms with Gasteiger partial charge in [0.1, 0.15) is 6.04 Å². The number of nitrogens with one attached hydrogen (secondary N) is 1. The summed E-state index contributed by atoms with van der Waals surface area (Å²) in [6.07, 6.45) is 0.0804. The van der Waals surface area contributed by atoms with E-state index in [-0.39, 0.29) is 12.3 Å². The lowest BCUT2D eigenvalue weighted by Gasteiger charge is -2.30. The molecule has 3 nitrogen and oxygen atoms in total. The standard InChI is InChI=1S/C14H18F2N2O.C3H8/c15-14(16)13(11-5-2-1-3-6-11)17-12(19)7-10-18-8-4-9-18;1-3-2/h1-3,5-6,13-14H,4,7-10H2,(H,17,19);3H2,1-2H3. The molecule has 5 heteroatoms. The van der Waals surface area contributed by atoms with Crippen LogP contribution in [0.2, 0.25) is 0 Å². The van der Waals surface area contributed by atoms with Crippen LogP contribution in [0.5, 0.6) is 0 Å². The molecule has 1 aliphatic rings. The quantitative estimate of drug-likeness (QED) is 0.870. The van der Waals surface area contributed by atoms with Gasteiger partial charge in [0.05, 0.1) is 0 Å². The zero-order valence-corrected chi connectivity index (χ0v) is 13.4. The van der Waals surface area contributed by atoms with Gasteiger partial charge in [0.2, 0.25) is 5.91 Å². The predicted molar refractivity (Wildman–Crippen MR) is 85.0 cm³/mol. The number of halogens is 2. The van der Waals surface area contributed by atoms with Crippen molar-refractivity contribution in [3.05, 3.63) is 35.9 Å². The molecule has 1 atom stereocenters. The maximum atomic E-state index is 13.0. The van der Waals surface area contributed by atoms with Crippen LogP contribution < -0.4 is 5.32 Å². The molecule has 1 saturated heterocycles. The van der Waals surface area contributed by atoms with Crippen molar-refractivity contribution in [1.29, 1.82) is 0 Å². The second-order valence-electron chi connectivity index (χ2n) is 5.44. The summed E-state index contributed by atoms with van der Waals surface area (Å²) >= 11 is 0. The van der Waals surface area contributed by atoms with E-state index < -0.39 is 12.5 Å². The molecule has 1 aliphatic heterocycles. The number of carbonyl (C=O) groups is 1. The number of amides is 1. The van der Waals surface area contributed by atoms with Crippen LogP contribution in [0.25, 0.3) is 0 Å². The van der Waals surface area contributed by atoms with Gasteiger partial charge < -0.3 is 10.2 Å². The molecule has 0 aromatic heterocycles. The average molecular weight is 312 g/mol. The van der Waals surface area contributed by atoms with Crippen molar-refractivity contribution in [2.24, 2.45) is 0 Å². The lowest BCUT2D eigenvalue weighted by molar-refractivity contribution is -0.123. The van der Waals surface area contributed by atoms with Gasteiger partial charge in [0.15, 0.2) is 0 Å². The van der Waals surface area contributed by atoms with E-state index in [1.807, 2.05) is 0 Å². The largest absolute Gasteiger partial charge is 0.344 e. The number of hydrogen-bond donors (Lipinski definition) is 1. The summed E-state index contributed by atoms with van der Waals surface area (Å²) in [6, 6.07) is 7.13. The van der Waals surface area contributed by atoms with Crippen LogP contribution in [0.1, 0.15) is 44.7 Å². The van der Waals surface area contributed by atoms with Crippen LogP contribution in [0, 0.1) is 0 Å². The monoisotopic (exact) mass is 312 g/mol. The Kier molecular flexibility index (Phi) is 8.67. The van der Waals surface area contributed by atoms with Crippen molar-refractivity contribution in [3.8, 4) is 0 Å². The van der Waals surface area contributed by atoms with Crippen molar-refractivity contribution in [1.82, 2.24) is 10.2 Å². The van der Waals surface area contributed by atoms with Crippen LogP contribution >= 0.6 is 0 Å². The van der Waals surface area contributed by atoms with E-state index in [0.717, 1.165) is 19.5 Å². The second kappa shape index (κ2) is 10.3. The fourth-order valence-corrected chi connectivity index (χ4v) is 2.06. The van der Waals surface area contributed by atoms with Crippen molar-refractivity contribution in [2.45, 2.75) is 45.6 Å². The van der Waals surface area contributed by atoms with E-state index in [9.17, 15) is 13.6 Å². The molecule has 1 unspecified atom stereocenters. The molecule has 0 spiro atoms. The molecule has 22 heavy (non-hydrogen) atoms. The first kappa shape index (κ1) is 18.6. The topological polar surface area (TPSA) is 32.3 Å². The molecule has 0 saturated carbocycles. The van der Waals surface area contributed by atoms with Gasteiger partial charge in [-0.2, -0.15) is 0 Å². The molecule has 124 valence electrons. The van der Waals surface area contributed by atoms with Crippen LogP contribution in [0.4, 0.5) is 8.78 Å². The third kappa shape index (κ3) is 6.52. The number of nitrogens with zero attached hydrogens (tertiary/aromatic N) is 1. The Morgan fingerprint density at radius 3 is 2.27 bits per heavy atom. The number of benzene rings is 1. The normalized spacial score (nSPS) is 15.5. The van der Waals surface area contributed by atoms with Gasteiger partial charge in [-0.1, -0.05) is 50.6 Å². The molecule has 1 amide bonds. The maximum absolute atomic E-state index is 13.0. The van der Waals surface area contributed by atoms with Gasteiger partial charge in [-0.15, -0.1) is 0 Å². The number of rotatable bonds is 6. The van der Waals surface area contributed by atoms with Crippen LogP contribution in [0.15, 0.2) is 30.3 Å². The molecule has 1 N–H and O–H groups in total. The van der Waals surface area contributed by atoms with Crippen molar-refractivity contribution in [2.75, 3.05) is 19.6 Å². The molecular weight excluding hydrogens is 286 g/mol. The Bertz CT molecular complexity index is 422. The van der Waals surface area contributed by atoms with E-state index in [4.69, 9.17) is 0 Å². The van der Waals surface area contributed by atoms with Crippen molar-refractivity contribution >= 4 is 5.91 Å². The third-order valence-electron chi connectivity index (χ3n) is 3.33. The van der Waals surface area contributed by atoms with Gasteiger partial charge in [-0.3, -0.25) is 4.79 Å². The van der Waals surface area contributed by atoms with Gasteiger partial charge in [0, 0.05) is 13.0 Å². The van der Waals surface area contributed by atoms with Gasteiger partial charge in [0.25, 0.3) is 6.43 Å².